The van der Waals surface area contributed by atoms with Crippen LogP contribution in [0.4, 0.5) is 10.6 Å². The summed E-state index contributed by atoms with van der Waals surface area (Å²) in [6, 6.07) is 14.8. The van der Waals surface area contributed by atoms with E-state index in [4.69, 9.17) is 0 Å². The summed E-state index contributed by atoms with van der Waals surface area (Å²) in [5.74, 6) is -0.256. The van der Waals surface area contributed by atoms with Crippen LogP contribution in [0.2, 0.25) is 0 Å². The van der Waals surface area contributed by atoms with Crippen molar-refractivity contribution < 1.29 is 14.4 Å². The number of rotatable bonds is 5. The lowest BCUT2D eigenvalue weighted by Gasteiger charge is -2.30. The first kappa shape index (κ1) is 24.3. The molecule has 3 aromatic heterocycles. The molecule has 4 N–H and O–H groups in total. The number of amides is 4. The van der Waals surface area contributed by atoms with Gasteiger partial charge in [-0.15, -0.1) is 11.3 Å². The van der Waals surface area contributed by atoms with Gasteiger partial charge >= 0.3 is 6.03 Å². The van der Waals surface area contributed by atoms with Crippen LogP contribution in [0, 0.1) is 0 Å². The summed E-state index contributed by atoms with van der Waals surface area (Å²) >= 11 is 1.41. The Labute approximate surface area is 216 Å². The molecule has 0 spiro atoms. The molecule has 0 aliphatic carbocycles. The van der Waals surface area contributed by atoms with Gasteiger partial charge < -0.3 is 9.47 Å². The number of aryl methyl sites for hydroxylation is 1. The van der Waals surface area contributed by atoms with E-state index in [1.807, 2.05) is 36.4 Å². The number of urea groups is 1. The molecular formula is C25H26N8O3S. The summed E-state index contributed by atoms with van der Waals surface area (Å²) in [4.78, 5) is 43.6. The number of hydrogen-bond acceptors (Lipinski definition) is 6. The maximum atomic E-state index is 12.7. The average molecular weight is 519 g/mol. The molecule has 1 saturated heterocycles. The van der Waals surface area contributed by atoms with Crippen molar-refractivity contribution in [1.82, 2.24) is 35.5 Å². The molecule has 11 nitrogen and oxygen atoms in total. The summed E-state index contributed by atoms with van der Waals surface area (Å²) in [7, 11) is 1.75. The predicted molar refractivity (Wildman–Crippen MR) is 139 cm³/mol. The van der Waals surface area contributed by atoms with Crippen molar-refractivity contribution in [3.63, 3.8) is 0 Å². The Kier molecular flexibility index (Phi) is 6.99. The summed E-state index contributed by atoms with van der Waals surface area (Å²) in [5, 5.41) is 12.5. The summed E-state index contributed by atoms with van der Waals surface area (Å²) in [6.07, 6.45) is 3.22. The number of H-pyrrole nitrogens is 1. The lowest BCUT2D eigenvalue weighted by molar-refractivity contribution is 0.0839. The Morgan fingerprint density at radius 3 is 2.51 bits per heavy atom. The zero-order chi connectivity index (χ0) is 25.8. The molecular weight excluding hydrogens is 492 g/mol. The normalized spacial score (nSPS) is 13.8. The predicted octanol–water partition coefficient (Wildman–Crippen LogP) is 3.36. The minimum absolute atomic E-state index is 0.156. The highest BCUT2D eigenvalue weighted by Gasteiger charge is 2.27. The monoisotopic (exact) mass is 518 g/mol. The van der Waals surface area contributed by atoms with E-state index < -0.39 is 11.8 Å². The van der Waals surface area contributed by atoms with Crippen LogP contribution in [0.1, 0.15) is 44.7 Å². The molecule has 190 valence electrons. The van der Waals surface area contributed by atoms with Crippen molar-refractivity contribution >= 4 is 35.0 Å². The molecule has 4 amide bonds. The van der Waals surface area contributed by atoms with Gasteiger partial charge in [-0.2, -0.15) is 5.10 Å². The number of likely N-dealkylation sites (tertiary alicyclic amines) is 1. The first-order chi connectivity index (χ1) is 18.0. The fraction of sp³-hybridized carbons (Fsp3) is 0.240. The van der Waals surface area contributed by atoms with E-state index in [0.29, 0.717) is 24.6 Å². The number of hydrogen-bond donors (Lipinski definition) is 4. The van der Waals surface area contributed by atoms with E-state index in [1.165, 1.54) is 11.3 Å². The zero-order valence-corrected chi connectivity index (χ0v) is 20.9. The number of thiazole rings is 1. The maximum Gasteiger partial charge on any atom is 0.323 e. The molecule has 12 heteroatoms. The minimum atomic E-state index is -0.476. The summed E-state index contributed by atoms with van der Waals surface area (Å²) in [5.41, 5.74) is 7.32. The quantitative estimate of drug-likeness (QED) is 0.300. The fourth-order valence-corrected chi connectivity index (χ4v) is 5.16. The van der Waals surface area contributed by atoms with Gasteiger partial charge in [-0.3, -0.25) is 30.9 Å². The average Bonchev–Trinajstić information content (AvgIpc) is 3.69. The van der Waals surface area contributed by atoms with Gasteiger partial charge in [0.15, 0.2) is 5.82 Å². The van der Waals surface area contributed by atoms with Crippen LogP contribution >= 0.6 is 11.3 Å². The molecule has 0 radical (unpaired) electrons. The largest absolute Gasteiger partial charge is 0.347 e. The summed E-state index contributed by atoms with van der Waals surface area (Å²) in [6.45, 7) is 1.14. The fourth-order valence-electron chi connectivity index (χ4n) is 4.19. The van der Waals surface area contributed by atoms with Gasteiger partial charge in [-0.25, -0.2) is 9.78 Å². The van der Waals surface area contributed by atoms with E-state index in [1.54, 1.807) is 40.2 Å². The topological polar surface area (TPSA) is 137 Å². The van der Waals surface area contributed by atoms with Gasteiger partial charge in [0.05, 0.1) is 10.7 Å². The second-order valence-corrected chi connectivity index (χ2v) is 9.60. The lowest BCUT2D eigenvalue weighted by Crippen LogP contribution is -2.42. The van der Waals surface area contributed by atoms with Crippen LogP contribution in [0.5, 0.6) is 0 Å². The maximum absolute atomic E-state index is 12.7. The van der Waals surface area contributed by atoms with Crippen LogP contribution in [0.15, 0.2) is 60.1 Å². The molecule has 5 rings (SSSR count). The Balaban J connectivity index is 1.10. The van der Waals surface area contributed by atoms with Crippen molar-refractivity contribution in [2.75, 3.05) is 18.4 Å². The second-order valence-electron chi connectivity index (χ2n) is 8.71. The highest BCUT2D eigenvalue weighted by Crippen LogP contribution is 2.30. The minimum Gasteiger partial charge on any atom is -0.347 e. The lowest BCUT2D eigenvalue weighted by atomic mass is 9.98. The third-order valence-electron chi connectivity index (χ3n) is 6.25. The van der Waals surface area contributed by atoms with E-state index in [9.17, 15) is 14.4 Å². The molecule has 1 aliphatic heterocycles. The van der Waals surface area contributed by atoms with Gasteiger partial charge in [0.2, 0.25) is 0 Å². The standard InChI is InChI=1S/C25H26N8O3S/c1-32-11-5-8-20(32)23(35)31-30-22(34)19-15-37-24(26-19)17-9-12-33(13-10-17)25(36)27-21-14-18(28-29-21)16-6-3-2-4-7-16/h2-8,11,14-15,17H,9-10,12-13H2,1H3,(H,30,34)(H,31,35)(H2,27,28,29,36). The third-order valence-corrected chi connectivity index (χ3v) is 7.26. The highest BCUT2D eigenvalue weighted by molar-refractivity contribution is 7.09. The first-order valence-corrected chi connectivity index (χ1v) is 12.7. The van der Waals surface area contributed by atoms with Gasteiger partial charge in [0, 0.05) is 43.7 Å². The second kappa shape index (κ2) is 10.7. The number of aromatic nitrogens is 4. The smallest absolute Gasteiger partial charge is 0.323 e. The molecule has 0 unspecified atom stereocenters. The SMILES string of the molecule is Cn1cccc1C(=O)NNC(=O)c1csc(C2CCN(C(=O)Nc3cc(-c4ccccc4)[nH]n3)CC2)n1. The Bertz CT molecular complexity index is 1400. The van der Waals surface area contributed by atoms with Crippen LogP contribution in [0.3, 0.4) is 0 Å². The number of aromatic amines is 1. The number of nitrogens with zero attached hydrogens (tertiary/aromatic N) is 4. The van der Waals surface area contributed by atoms with E-state index in [0.717, 1.165) is 29.1 Å². The molecule has 1 aromatic carbocycles. The van der Waals surface area contributed by atoms with Gasteiger partial charge in [0.25, 0.3) is 11.8 Å². The number of hydrazine groups is 1. The zero-order valence-electron chi connectivity index (χ0n) is 20.1. The van der Waals surface area contributed by atoms with Crippen LogP contribution < -0.4 is 16.2 Å². The molecule has 1 aliphatic rings. The molecule has 4 heterocycles. The number of carbonyl (C=O) groups is 3. The van der Waals surface area contributed by atoms with E-state index >= 15 is 0 Å². The third kappa shape index (κ3) is 5.54. The van der Waals surface area contributed by atoms with E-state index in [2.05, 4.69) is 31.3 Å². The Morgan fingerprint density at radius 1 is 1.03 bits per heavy atom. The first-order valence-electron chi connectivity index (χ1n) is 11.8. The molecule has 0 saturated carbocycles. The molecule has 37 heavy (non-hydrogen) atoms. The number of nitrogens with one attached hydrogen (secondary N) is 4. The number of piperidine rings is 1. The van der Waals surface area contributed by atoms with Crippen LogP contribution in [-0.2, 0) is 7.05 Å². The van der Waals surface area contributed by atoms with Gasteiger partial charge in [0.1, 0.15) is 11.4 Å². The number of carbonyl (C=O) groups excluding carboxylic acids is 3. The van der Waals surface area contributed by atoms with Crippen molar-refractivity contribution in [2.45, 2.75) is 18.8 Å². The van der Waals surface area contributed by atoms with Gasteiger partial charge in [-0.1, -0.05) is 30.3 Å². The van der Waals surface area contributed by atoms with Crippen molar-refractivity contribution in [3.8, 4) is 11.3 Å². The molecule has 0 atom stereocenters. The molecule has 4 aromatic rings. The molecule has 0 bridgehead atoms. The van der Waals surface area contributed by atoms with Crippen molar-refractivity contribution in [2.24, 2.45) is 7.05 Å². The number of benzene rings is 1. The molecule has 1 fully saturated rings. The number of anilines is 1. The van der Waals surface area contributed by atoms with E-state index in [-0.39, 0.29) is 17.6 Å². The Hall–Kier alpha value is -4.45. The Morgan fingerprint density at radius 2 is 1.78 bits per heavy atom. The highest BCUT2D eigenvalue weighted by atomic mass is 32.1. The van der Waals surface area contributed by atoms with Crippen molar-refractivity contribution in [1.29, 1.82) is 0 Å². The van der Waals surface area contributed by atoms with Gasteiger partial charge in [-0.05, 0) is 30.5 Å². The van der Waals surface area contributed by atoms with Crippen LogP contribution in [-0.4, -0.2) is 55.6 Å². The van der Waals surface area contributed by atoms with Crippen LogP contribution in [0.25, 0.3) is 11.3 Å². The van der Waals surface area contributed by atoms with Crippen molar-refractivity contribution in [3.05, 3.63) is 76.5 Å². The summed E-state index contributed by atoms with van der Waals surface area (Å²) < 4.78 is 1.66.